The first kappa shape index (κ1) is 35.1. The van der Waals surface area contributed by atoms with Gasteiger partial charge in [0, 0.05) is 29.8 Å². The number of carboxylic acid groups (broad SMARTS) is 1. The van der Waals surface area contributed by atoms with Crippen LogP contribution in [0.15, 0.2) is 11.1 Å². The number of carbonyl (C=O) groups excluding carboxylic acids is 2. The number of nitrogens with one attached hydrogen (secondary N) is 1. The topological polar surface area (TPSA) is 113 Å². The first-order valence-electron chi connectivity index (χ1n) is 19.0. The maximum Gasteiger partial charge on any atom is 0.309 e. The molecular formula is C40H63NO6. The number of rotatable bonds is 9. The number of carbonyl (C=O) groups is 3. The van der Waals surface area contributed by atoms with Crippen molar-refractivity contribution in [3.05, 3.63) is 11.1 Å². The monoisotopic (exact) mass is 653 g/mol. The number of aliphatic carboxylic acids is 1. The predicted molar refractivity (Wildman–Crippen MR) is 182 cm³/mol. The molecular weight excluding hydrogens is 590 g/mol. The van der Waals surface area contributed by atoms with Crippen LogP contribution < -0.4 is 5.32 Å². The minimum absolute atomic E-state index is 0.117. The summed E-state index contributed by atoms with van der Waals surface area (Å²) < 4.78 is 6.14. The van der Waals surface area contributed by atoms with Crippen LogP contribution >= 0.6 is 0 Å². The molecule has 0 aromatic rings. The van der Waals surface area contributed by atoms with Crippen LogP contribution in [-0.4, -0.2) is 52.7 Å². The van der Waals surface area contributed by atoms with Crippen LogP contribution in [0.2, 0.25) is 0 Å². The largest absolute Gasteiger partial charge is 0.481 e. The number of ether oxygens (including phenoxy) is 1. The number of ketones is 1. The van der Waals surface area contributed by atoms with Crippen molar-refractivity contribution in [3.63, 3.8) is 0 Å². The molecule has 0 aromatic carbocycles. The Balaban J connectivity index is 1.25. The van der Waals surface area contributed by atoms with Gasteiger partial charge in [-0.2, -0.15) is 0 Å². The fourth-order valence-corrected chi connectivity index (χ4v) is 12.7. The summed E-state index contributed by atoms with van der Waals surface area (Å²) in [7, 11) is 0. The second kappa shape index (κ2) is 12.0. The molecule has 6 aliphatic rings. The van der Waals surface area contributed by atoms with Gasteiger partial charge in [0.2, 0.25) is 0 Å². The third-order valence-electron chi connectivity index (χ3n) is 15.4. The zero-order valence-electron chi connectivity index (χ0n) is 30.5. The Bertz CT molecular complexity index is 1310. The standard InChI is InChI=1S/C40H63NO6/c1-23(2)33-27(42)20-40(30(43)22-41-24-10-9-11-24)19-14-26-25(34(33)40)12-13-29-38(26,7)17-15-28-37(5,6)31(16-18-39(28,29)8)47-32(44)21-36(3,4)35(45)46/h23-26,28-31,41,43H,9-22H2,1-8H3,(H,45,46). The van der Waals surface area contributed by atoms with Crippen molar-refractivity contribution >= 4 is 17.7 Å². The third kappa shape index (κ3) is 5.47. The van der Waals surface area contributed by atoms with Gasteiger partial charge in [0.25, 0.3) is 0 Å². The Morgan fingerprint density at radius 3 is 2.23 bits per heavy atom. The summed E-state index contributed by atoms with van der Waals surface area (Å²) in [6, 6.07) is 0.510. The van der Waals surface area contributed by atoms with Crippen LogP contribution in [0.25, 0.3) is 0 Å². The van der Waals surface area contributed by atoms with Crippen LogP contribution in [0, 0.1) is 56.7 Å². The minimum Gasteiger partial charge on any atom is -0.481 e. The first-order chi connectivity index (χ1) is 21.9. The van der Waals surface area contributed by atoms with Crippen LogP contribution in [0.4, 0.5) is 0 Å². The Morgan fingerprint density at radius 2 is 1.62 bits per heavy atom. The van der Waals surface area contributed by atoms with Crippen molar-refractivity contribution in [3.8, 4) is 0 Å². The van der Waals surface area contributed by atoms with E-state index in [9.17, 15) is 24.6 Å². The van der Waals surface area contributed by atoms with Crippen molar-refractivity contribution < 1.29 is 29.3 Å². The van der Waals surface area contributed by atoms with Gasteiger partial charge in [-0.1, -0.05) is 53.5 Å². The molecule has 0 radical (unpaired) electrons. The van der Waals surface area contributed by atoms with Gasteiger partial charge >= 0.3 is 11.9 Å². The maximum atomic E-state index is 13.8. The molecule has 0 aromatic heterocycles. The van der Waals surface area contributed by atoms with E-state index in [4.69, 9.17) is 4.74 Å². The van der Waals surface area contributed by atoms with Crippen LogP contribution in [0.1, 0.15) is 139 Å². The highest BCUT2D eigenvalue weighted by atomic mass is 16.5. The summed E-state index contributed by atoms with van der Waals surface area (Å²) in [6.45, 7) is 17.7. The molecule has 47 heavy (non-hydrogen) atoms. The lowest BCUT2D eigenvalue weighted by Gasteiger charge is -2.69. The Morgan fingerprint density at radius 1 is 0.936 bits per heavy atom. The molecule has 9 atom stereocenters. The number of hydrogen-bond acceptors (Lipinski definition) is 6. The summed E-state index contributed by atoms with van der Waals surface area (Å²) in [5, 5.41) is 25.1. The van der Waals surface area contributed by atoms with E-state index in [0.29, 0.717) is 42.7 Å². The molecule has 5 fully saturated rings. The van der Waals surface area contributed by atoms with E-state index in [1.165, 1.54) is 24.8 Å². The first-order valence-corrected chi connectivity index (χ1v) is 19.0. The summed E-state index contributed by atoms with van der Waals surface area (Å²) in [4.78, 5) is 38.5. The lowest BCUT2D eigenvalue weighted by Crippen LogP contribution is -2.63. The van der Waals surface area contributed by atoms with Crippen molar-refractivity contribution in [1.29, 1.82) is 0 Å². The summed E-state index contributed by atoms with van der Waals surface area (Å²) in [5.41, 5.74) is 0.887. The summed E-state index contributed by atoms with van der Waals surface area (Å²) in [6.07, 6.45) is 11.5. The van der Waals surface area contributed by atoms with Gasteiger partial charge in [-0.25, -0.2) is 0 Å². The lowest BCUT2D eigenvalue weighted by atomic mass is 9.36. The molecule has 264 valence electrons. The maximum absolute atomic E-state index is 13.8. The number of fused-ring (bicyclic) bond motifs is 7. The van der Waals surface area contributed by atoms with Crippen molar-refractivity contribution in [1.82, 2.24) is 5.32 Å². The van der Waals surface area contributed by atoms with E-state index in [1.807, 2.05) is 0 Å². The van der Waals surface area contributed by atoms with Crippen molar-refractivity contribution in [2.24, 2.45) is 56.7 Å². The van der Waals surface area contributed by atoms with E-state index < -0.39 is 28.9 Å². The minimum atomic E-state index is -1.15. The van der Waals surface area contributed by atoms with E-state index in [1.54, 1.807) is 13.8 Å². The van der Waals surface area contributed by atoms with E-state index in [-0.39, 0.29) is 40.5 Å². The average Bonchev–Trinajstić information content (AvgIpc) is 3.26. The number of hydrogen-bond donors (Lipinski definition) is 3. The molecule has 0 amide bonds. The Hall–Kier alpha value is -1.73. The van der Waals surface area contributed by atoms with E-state index >= 15 is 0 Å². The number of carboxylic acids is 1. The molecule has 0 saturated heterocycles. The molecule has 7 heteroatoms. The molecule has 6 aliphatic carbocycles. The van der Waals surface area contributed by atoms with Gasteiger partial charge in [-0.3, -0.25) is 14.4 Å². The average molecular weight is 654 g/mol. The fraction of sp³-hybridized carbons (Fsp3) is 0.875. The highest BCUT2D eigenvalue weighted by Crippen LogP contribution is 2.73. The van der Waals surface area contributed by atoms with Crippen LogP contribution in [0.3, 0.4) is 0 Å². The van der Waals surface area contributed by atoms with Gasteiger partial charge < -0.3 is 20.3 Å². The van der Waals surface area contributed by atoms with Gasteiger partial charge in [0.05, 0.1) is 17.9 Å². The second-order valence-electron chi connectivity index (χ2n) is 19.0. The number of esters is 1. The molecule has 0 spiro atoms. The summed E-state index contributed by atoms with van der Waals surface area (Å²) >= 11 is 0. The summed E-state index contributed by atoms with van der Waals surface area (Å²) in [5.74, 6) is 0.882. The number of aliphatic hydroxyl groups excluding tert-OH is 1. The molecule has 7 nitrogen and oxygen atoms in total. The molecule has 9 unspecified atom stereocenters. The van der Waals surface area contributed by atoms with Crippen molar-refractivity contribution in [2.75, 3.05) is 6.54 Å². The number of Topliss-reactive ketones (excluding diaryl/α,β-unsaturated/α-hetero) is 1. The molecule has 0 bridgehead atoms. The van der Waals surface area contributed by atoms with Gasteiger partial charge in [0.15, 0.2) is 5.78 Å². The Labute approximate surface area is 283 Å². The van der Waals surface area contributed by atoms with E-state index in [0.717, 1.165) is 56.9 Å². The smallest absolute Gasteiger partial charge is 0.309 e. The number of allylic oxidation sites excluding steroid dienone is 1. The third-order valence-corrected chi connectivity index (χ3v) is 15.4. The Kier molecular flexibility index (Phi) is 8.93. The van der Waals surface area contributed by atoms with Crippen LogP contribution in [0.5, 0.6) is 0 Å². The molecule has 0 aliphatic heterocycles. The quantitative estimate of drug-likeness (QED) is 0.221. The number of aliphatic hydroxyl groups is 1. The fourth-order valence-electron chi connectivity index (χ4n) is 12.7. The van der Waals surface area contributed by atoms with Gasteiger partial charge in [0.1, 0.15) is 6.10 Å². The van der Waals surface area contributed by atoms with Gasteiger partial charge in [-0.15, -0.1) is 0 Å². The zero-order valence-corrected chi connectivity index (χ0v) is 30.5. The normalized spacial score (nSPS) is 40.6. The molecule has 3 N–H and O–H groups in total. The van der Waals surface area contributed by atoms with E-state index in [2.05, 4.69) is 46.9 Å². The SMILES string of the molecule is CC(C)C1=C2C3CCC4C(C)(CCC5C(C)(C)C(OC(=O)CC(C)(C)C(=O)O)CCC54C)C3CCC2(C(O)CNC2CCC2)CC1=O. The predicted octanol–water partition coefficient (Wildman–Crippen LogP) is 7.49. The highest BCUT2D eigenvalue weighted by Gasteiger charge is 2.67. The second-order valence-corrected chi connectivity index (χ2v) is 19.0. The molecule has 5 saturated carbocycles. The van der Waals surface area contributed by atoms with Crippen molar-refractivity contribution in [2.45, 2.75) is 157 Å². The van der Waals surface area contributed by atoms with Crippen LogP contribution in [-0.2, 0) is 19.1 Å². The molecule has 6 rings (SSSR count). The van der Waals surface area contributed by atoms with Gasteiger partial charge in [-0.05, 0) is 124 Å². The zero-order chi connectivity index (χ0) is 34.3. The lowest BCUT2D eigenvalue weighted by molar-refractivity contribution is -0.214. The molecule has 0 heterocycles. The highest BCUT2D eigenvalue weighted by molar-refractivity contribution is 6.00.